The second-order valence-corrected chi connectivity index (χ2v) is 9.42. The van der Waals surface area contributed by atoms with E-state index < -0.39 is 0 Å². The zero-order valence-electron chi connectivity index (χ0n) is 20.1. The van der Waals surface area contributed by atoms with Gasteiger partial charge in [-0.2, -0.15) is 0 Å². The Morgan fingerprint density at radius 3 is 2.57 bits per heavy atom. The van der Waals surface area contributed by atoms with Crippen molar-refractivity contribution in [1.29, 1.82) is 0 Å². The molecule has 8 heteroatoms. The smallest absolute Gasteiger partial charge is 0.258 e. The summed E-state index contributed by atoms with van der Waals surface area (Å²) < 4.78 is 6.45. The number of likely N-dealkylation sites (N-methyl/N-ethyl adjacent to an activating group) is 1. The average Bonchev–Trinajstić information content (AvgIpc) is 2.98. The summed E-state index contributed by atoms with van der Waals surface area (Å²) in [5.41, 5.74) is 2.51. The van der Waals surface area contributed by atoms with Gasteiger partial charge in [-0.1, -0.05) is 29.8 Å². The first-order valence-electron chi connectivity index (χ1n) is 11.6. The molecule has 3 aromatic rings. The molecule has 0 spiro atoms. The van der Waals surface area contributed by atoms with Crippen molar-refractivity contribution in [3.05, 3.63) is 88.7 Å². The fraction of sp³-hybridized carbons (Fsp3) is 0.296. The molecule has 0 fully saturated rings. The highest BCUT2D eigenvalue weighted by Crippen LogP contribution is 2.34. The molecular weight excluding hydrogens is 464 g/mol. The number of carbonyl (C=O) groups is 2. The fourth-order valence-electron chi connectivity index (χ4n) is 4.14. The summed E-state index contributed by atoms with van der Waals surface area (Å²) in [4.78, 5) is 34.2. The van der Waals surface area contributed by atoms with Crippen LogP contribution in [0.5, 0.6) is 5.75 Å². The molecule has 1 N–H and O–H groups in total. The van der Waals surface area contributed by atoms with Gasteiger partial charge in [0, 0.05) is 42.1 Å². The lowest BCUT2D eigenvalue weighted by Gasteiger charge is -2.30. The molecule has 2 amide bonds. The van der Waals surface area contributed by atoms with Crippen molar-refractivity contribution < 1.29 is 14.3 Å². The van der Waals surface area contributed by atoms with Crippen molar-refractivity contribution in [1.82, 2.24) is 14.8 Å². The summed E-state index contributed by atoms with van der Waals surface area (Å²) in [7, 11) is 2.02. The molecule has 0 bridgehead atoms. The molecule has 2 aromatic carbocycles. The molecule has 182 valence electrons. The van der Waals surface area contributed by atoms with E-state index in [0.29, 0.717) is 47.2 Å². The lowest BCUT2D eigenvalue weighted by molar-refractivity contribution is 0.0605. The number of nitrogens with zero attached hydrogens (tertiary/aromatic N) is 3. The van der Waals surface area contributed by atoms with Gasteiger partial charge in [-0.05, 0) is 62.9 Å². The molecule has 0 saturated carbocycles. The van der Waals surface area contributed by atoms with Gasteiger partial charge in [0.15, 0.2) is 5.75 Å². The number of para-hydroxylation sites is 1. The molecule has 1 atom stereocenters. The molecule has 0 saturated heterocycles. The maximum Gasteiger partial charge on any atom is 0.258 e. The molecular formula is C27H29ClN4O3. The standard InChI is InChI=1S/C27H29ClN4O3/c1-18(2)32-17-22(16-31(3)15-19-7-9-21(28)10-8-19)35-25-23(27(32)34)5-4-6-24(25)30-26(33)20-11-13-29-14-12-20/h4-14,18,22H,15-17H2,1-3H3,(H,30,33)/t22-/m0/s1. The number of benzene rings is 2. The highest BCUT2D eigenvalue weighted by Gasteiger charge is 2.32. The van der Waals surface area contributed by atoms with Crippen LogP contribution in [0.4, 0.5) is 5.69 Å². The molecule has 4 rings (SSSR count). The largest absolute Gasteiger partial charge is 0.484 e. The van der Waals surface area contributed by atoms with Gasteiger partial charge in [0.25, 0.3) is 11.8 Å². The lowest BCUT2D eigenvalue weighted by Crippen LogP contribution is -2.45. The molecule has 1 aliphatic rings. The van der Waals surface area contributed by atoms with Crippen LogP contribution in [0.3, 0.4) is 0 Å². The molecule has 2 heterocycles. The summed E-state index contributed by atoms with van der Waals surface area (Å²) in [5.74, 6) is -0.0102. The maximum atomic E-state index is 13.4. The zero-order chi connectivity index (χ0) is 24.9. The van der Waals surface area contributed by atoms with Crippen LogP contribution in [0.25, 0.3) is 0 Å². The molecule has 0 aliphatic carbocycles. The van der Waals surface area contributed by atoms with E-state index in [1.54, 1.807) is 42.7 Å². The summed E-state index contributed by atoms with van der Waals surface area (Å²) in [6, 6.07) is 16.3. The number of fused-ring (bicyclic) bond motifs is 1. The van der Waals surface area contributed by atoms with Crippen LogP contribution in [0.2, 0.25) is 5.02 Å². The number of anilines is 1. The number of amides is 2. The lowest BCUT2D eigenvalue weighted by atomic mass is 10.1. The Balaban J connectivity index is 1.59. The monoisotopic (exact) mass is 492 g/mol. The second-order valence-electron chi connectivity index (χ2n) is 8.99. The summed E-state index contributed by atoms with van der Waals surface area (Å²) in [5, 5.41) is 3.61. The first-order valence-corrected chi connectivity index (χ1v) is 11.9. The van der Waals surface area contributed by atoms with Gasteiger partial charge in [0.2, 0.25) is 0 Å². The third-order valence-electron chi connectivity index (χ3n) is 5.89. The van der Waals surface area contributed by atoms with Gasteiger partial charge in [-0.3, -0.25) is 19.5 Å². The van der Waals surface area contributed by atoms with Crippen LogP contribution in [-0.4, -0.2) is 58.9 Å². The van der Waals surface area contributed by atoms with E-state index in [-0.39, 0.29) is 24.0 Å². The van der Waals surface area contributed by atoms with E-state index in [1.807, 2.05) is 50.1 Å². The second kappa shape index (κ2) is 10.9. The Labute approximate surface area is 210 Å². The predicted molar refractivity (Wildman–Crippen MR) is 137 cm³/mol. The fourth-order valence-corrected chi connectivity index (χ4v) is 4.27. The van der Waals surface area contributed by atoms with E-state index >= 15 is 0 Å². The van der Waals surface area contributed by atoms with Gasteiger partial charge in [-0.15, -0.1) is 0 Å². The Hall–Kier alpha value is -3.42. The van der Waals surface area contributed by atoms with E-state index in [9.17, 15) is 9.59 Å². The Morgan fingerprint density at radius 2 is 1.89 bits per heavy atom. The van der Waals surface area contributed by atoms with Gasteiger partial charge in [-0.25, -0.2) is 0 Å². The van der Waals surface area contributed by atoms with E-state index in [1.165, 1.54) is 0 Å². The highest BCUT2D eigenvalue weighted by molar-refractivity contribution is 6.30. The van der Waals surface area contributed by atoms with Crippen molar-refractivity contribution in [3.63, 3.8) is 0 Å². The van der Waals surface area contributed by atoms with Gasteiger partial charge in [0.05, 0.1) is 17.8 Å². The van der Waals surface area contributed by atoms with Crippen LogP contribution in [0.15, 0.2) is 67.0 Å². The molecule has 7 nitrogen and oxygen atoms in total. The number of ether oxygens (including phenoxy) is 1. The van der Waals surface area contributed by atoms with E-state index in [2.05, 4.69) is 15.2 Å². The van der Waals surface area contributed by atoms with E-state index in [0.717, 1.165) is 5.56 Å². The number of hydrogen-bond donors (Lipinski definition) is 1. The topological polar surface area (TPSA) is 74.8 Å². The van der Waals surface area contributed by atoms with Gasteiger partial charge in [0.1, 0.15) is 6.10 Å². The summed E-state index contributed by atoms with van der Waals surface area (Å²) >= 11 is 6.02. The van der Waals surface area contributed by atoms with Crippen LogP contribution in [0.1, 0.15) is 40.1 Å². The minimum atomic E-state index is -0.293. The van der Waals surface area contributed by atoms with Crippen molar-refractivity contribution >= 4 is 29.1 Å². The zero-order valence-corrected chi connectivity index (χ0v) is 20.8. The van der Waals surface area contributed by atoms with Crippen molar-refractivity contribution in [2.75, 3.05) is 25.5 Å². The number of halogens is 1. The Kier molecular flexibility index (Phi) is 7.68. The summed E-state index contributed by atoms with van der Waals surface area (Å²) in [6.45, 7) is 5.72. The number of carbonyl (C=O) groups excluding carboxylic acids is 2. The molecule has 1 aliphatic heterocycles. The average molecular weight is 493 g/mol. The van der Waals surface area contributed by atoms with Crippen LogP contribution < -0.4 is 10.1 Å². The minimum Gasteiger partial charge on any atom is -0.484 e. The first kappa shape index (κ1) is 24.7. The van der Waals surface area contributed by atoms with Crippen LogP contribution in [0, 0.1) is 0 Å². The normalized spacial score (nSPS) is 15.5. The molecule has 35 heavy (non-hydrogen) atoms. The number of rotatable bonds is 7. The maximum absolute atomic E-state index is 13.4. The first-order chi connectivity index (χ1) is 16.8. The Bertz CT molecular complexity index is 1180. The number of pyridine rings is 1. The SMILES string of the molecule is CC(C)N1C[C@H](CN(C)Cc2ccc(Cl)cc2)Oc2c(NC(=O)c3ccncc3)cccc2C1=O. The third-order valence-corrected chi connectivity index (χ3v) is 6.14. The third kappa shape index (κ3) is 5.99. The van der Waals surface area contributed by atoms with Crippen LogP contribution >= 0.6 is 11.6 Å². The molecule has 0 unspecified atom stereocenters. The number of aromatic nitrogens is 1. The Morgan fingerprint density at radius 1 is 1.17 bits per heavy atom. The molecule has 1 aromatic heterocycles. The summed E-state index contributed by atoms with van der Waals surface area (Å²) in [6.07, 6.45) is 2.83. The number of nitrogens with one attached hydrogen (secondary N) is 1. The minimum absolute atomic E-state index is 0.00353. The van der Waals surface area contributed by atoms with Crippen molar-refractivity contribution in [2.24, 2.45) is 0 Å². The molecule has 0 radical (unpaired) electrons. The van der Waals surface area contributed by atoms with Gasteiger partial charge < -0.3 is 15.0 Å². The predicted octanol–water partition coefficient (Wildman–Crippen LogP) is 4.73. The quantitative estimate of drug-likeness (QED) is 0.516. The highest BCUT2D eigenvalue weighted by atomic mass is 35.5. The van der Waals surface area contributed by atoms with Gasteiger partial charge >= 0.3 is 0 Å². The van der Waals surface area contributed by atoms with Crippen LogP contribution in [-0.2, 0) is 6.54 Å². The number of hydrogen-bond acceptors (Lipinski definition) is 5. The van der Waals surface area contributed by atoms with Crippen molar-refractivity contribution in [2.45, 2.75) is 32.5 Å². The van der Waals surface area contributed by atoms with Crippen molar-refractivity contribution in [3.8, 4) is 5.75 Å². The van der Waals surface area contributed by atoms with E-state index in [4.69, 9.17) is 16.3 Å².